The predicted molar refractivity (Wildman–Crippen MR) is 108 cm³/mol. The van der Waals surface area contributed by atoms with Gasteiger partial charge in [0, 0.05) is 25.3 Å². The molecule has 1 aliphatic heterocycles. The van der Waals surface area contributed by atoms with Gasteiger partial charge < -0.3 is 20.4 Å². The van der Waals surface area contributed by atoms with Crippen molar-refractivity contribution in [1.29, 1.82) is 0 Å². The van der Waals surface area contributed by atoms with E-state index in [1.807, 2.05) is 0 Å². The number of carbonyl (C=O) groups is 2. The molecule has 0 saturated carbocycles. The number of aromatic carboxylic acids is 1. The number of nitrogens with zero attached hydrogens (tertiary/aromatic N) is 2. The number of halogens is 3. The van der Waals surface area contributed by atoms with Crippen LogP contribution in [-0.2, 0) is 12.8 Å². The van der Waals surface area contributed by atoms with E-state index in [0.717, 1.165) is 17.4 Å². The summed E-state index contributed by atoms with van der Waals surface area (Å²) in [6.07, 6.45) is -3.22. The number of alkyl halides is 3. The zero-order chi connectivity index (χ0) is 22.6. The molecule has 1 aromatic heterocycles. The molecular weight excluding hydrogens is 437 g/mol. The van der Waals surface area contributed by atoms with Crippen molar-refractivity contribution in [2.75, 3.05) is 30.3 Å². The third-order valence-corrected chi connectivity index (χ3v) is 5.93. The van der Waals surface area contributed by atoms with E-state index in [9.17, 15) is 27.9 Å². The highest BCUT2D eigenvalue weighted by atomic mass is 32.1. The number of anilines is 2. The smallest absolute Gasteiger partial charge is 0.418 e. The minimum Gasteiger partial charge on any atom is -0.476 e. The van der Waals surface area contributed by atoms with Crippen LogP contribution in [0.1, 0.15) is 33.8 Å². The molecule has 4 N–H and O–H groups in total. The maximum Gasteiger partial charge on any atom is 0.418 e. The maximum atomic E-state index is 13.1. The summed E-state index contributed by atoms with van der Waals surface area (Å²) >= 11 is 0.887. The monoisotopic (exact) mass is 458 g/mol. The summed E-state index contributed by atoms with van der Waals surface area (Å²) in [7, 11) is 0. The third-order valence-electron chi connectivity index (χ3n) is 4.97. The fraction of sp³-hybridized carbons (Fsp3) is 0.421. The zero-order valence-electron chi connectivity index (χ0n) is 16.3. The number of rotatable bonds is 6. The first-order chi connectivity index (χ1) is 14.7. The lowest BCUT2D eigenvalue weighted by atomic mass is 9.96. The molecule has 3 rings (SSSR count). The number of piperidine rings is 1. The molecule has 12 heteroatoms. The standard InChI is InChI=1S/C19H21F3N4O4S/c20-19(21,22)12-3-1-2-4-13(12)23-9-11-5-7-26(8-6-11)18(30)25-17-24-15(16(28)29)14(10-27)31-17/h1-4,11,23,27H,5-10H2,(H,28,29)(H,24,25,30). The largest absolute Gasteiger partial charge is 0.476 e. The van der Waals surface area contributed by atoms with Crippen LogP contribution in [0.15, 0.2) is 24.3 Å². The summed E-state index contributed by atoms with van der Waals surface area (Å²) in [5, 5.41) is 23.8. The number of aliphatic hydroxyl groups excluding tert-OH is 1. The van der Waals surface area contributed by atoms with Crippen molar-refractivity contribution in [3.8, 4) is 0 Å². The Balaban J connectivity index is 1.51. The van der Waals surface area contributed by atoms with Gasteiger partial charge >= 0.3 is 18.2 Å². The van der Waals surface area contributed by atoms with Crippen LogP contribution in [0.3, 0.4) is 0 Å². The third kappa shape index (κ3) is 5.64. The second-order valence-electron chi connectivity index (χ2n) is 7.04. The summed E-state index contributed by atoms with van der Waals surface area (Å²) < 4.78 is 39.3. The first kappa shape index (κ1) is 22.8. The van der Waals surface area contributed by atoms with Gasteiger partial charge in [0.15, 0.2) is 10.8 Å². The molecule has 2 amide bonds. The summed E-state index contributed by atoms with van der Waals surface area (Å²) in [5.74, 6) is -1.19. The van der Waals surface area contributed by atoms with Crippen molar-refractivity contribution < 1.29 is 33.0 Å². The molecule has 0 spiro atoms. The summed E-state index contributed by atoms with van der Waals surface area (Å²) in [6, 6.07) is 4.87. The van der Waals surface area contributed by atoms with Gasteiger partial charge in [0.25, 0.3) is 0 Å². The van der Waals surface area contributed by atoms with E-state index in [0.29, 0.717) is 32.5 Å². The topological polar surface area (TPSA) is 115 Å². The number of hydrogen-bond donors (Lipinski definition) is 4. The van der Waals surface area contributed by atoms with Gasteiger partial charge in [-0.05, 0) is 30.9 Å². The molecule has 1 aliphatic rings. The average molecular weight is 458 g/mol. The molecule has 1 aromatic carbocycles. The van der Waals surface area contributed by atoms with E-state index < -0.39 is 30.3 Å². The van der Waals surface area contributed by atoms with Crippen LogP contribution < -0.4 is 10.6 Å². The van der Waals surface area contributed by atoms with Gasteiger partial charge in [-0.1, -0.05) is 23.5 Å². The molecule has 2 aromatic rings. The molecule has 0 bridgehead atoms. The van der Waals surface area contributed by atoms with Crippen molar-refractivity contribution >= 4 is 34.2 Å². The van der Waals surface area contributed by atoms with E-state index in [-0.39, 0.29) is 27.3 Å². The van der Waals surface area contributed by atoms with E-state index >= 15 is 0 Å². The average Bonchev–Trinajstić information content (AvgIpc) is 3.15. The fourth-order valence-corrected chi connectivity index (χ4v) is 4.13. The van der Waals surface area contributed by atoms with Crippen LogP contribution >= 0.6 is 11.3 Å². The molecule has 0 radical (unpaired) electrons. The number of para-hydroxylation sites is 1. The van der Waals surface area contributed by atoms with Crippen LogP contribution in [0.4, 0.5) is 28.8 Å². The van der Waals surface area contributed by atoms with Crippen molar-refractivity contribution in [3.05, 3.63) is 40.4 Å². The van der Waals surface area contributed by atoms with Gasteiger partial charge in [0.2, 0.25) is 0 Å². The van der Waals surface area contributed by atoms with Crippen LogP contribution in [-0.4, -0.2) is 51.7 Å². The molecule has 168 valence electrons. The first-order valence-corrected chi connectivity index (χ1v) is 10.3. The highest BCUT2D eigenvalue weighted by Gasteiger charge is 2.33. The Kier molecular flexibility index (Phi) is 7.01. The van der Waals surface area contributed by atoms with Crippen LogP contribution in [0.2, 0.25) is 0 Å². The Labute approximate surface area is 179 Å². The van der Waals surface area contributed by atoms with Crippen molar-refractivity contribution in [1.82, 2.24) is 9.88 Å². The number of nitrogens with one attached hydrogen (secondary N) is 2. The van der Waals surface area contributed by atoms with E-state index in [1.54, 1.807) is 11.0 Å². The molecule has 1 fully saturated rings. The normalized spacial score (nSPS) is 15.0. The molecule has 31 heavy (non-hydrogen) atoms. The molecule has 2 heterocycles. The second-order valence-corrected chi connectivity index (χ2v) is 8.12. The van der Waals surface area contributed by atoms with Crippen molar-refractivity contribution in [2.24, 2.45) is 5.92 Å². The molecule has 0 aliphatic carbocycles. The molecular formula is C19H21F3N4O4S. The van der Waals surface area contributed by atoms with Gasteiger partial charge in [0.1, 0.15) is 0 Å². The number of amides is 2. The highest BCUT2D eigenvalue weighted by Crippen LogP contribution is 2.35. The summed E-state index contributed by atoms with van der Waals surface area (Å²) in [5.41, 5.74) is -0.974. The van der Waals surface area contributed by atoms with Gasteiger partial charge in [-0.2, -0.15) is 13.2 Å². The number of carboxylic acids is 1. The van der Waals surface area contributed by atoms with E-state index in [1.165, 1.54) is 12.1 Å². The lowest BCUT2D eigenvalue weighted by Gasteiger charge is -2.32. The Morgan fingerprint density at radius 1 is 1.23 bits per heavy atom. The number of likely N-dealkylation sites (tertiary alicyclic amines) is 1. The lowest BCUT2D eigenvalue weighted by Crippen LogP contribution is -2.42. The highest BCUT2D eigenvalue weighted by molar-refractivity contribution is 7.16. The minimum atomic E-state index is -4.43. The van der Waals surface area contributed by atoms with Crippen LogP contribution in [0.5, 0.6) is 0 Å². The number of carboxylic acid groups (broad SMARTS) is 1. The zero-order valence-corrected chi connectivity index (χ0v) is 17.1. The van der Waals surface area contributed by atoms with Crippen molar-refractivity contribution in [3.63, 3.8) is 0 Å². The number of hydrogen-bond acceptors (Lipinski definition) is 6. The first-order valence-electron chi connectivity index (χ1n) is 9.49. The van der Waals surface area contributed by atoms with Gasteiger partial charge in [-0.15, -0.1) is 0 Å². The number of thiazole rings is 1. The number of aliphatic hydroxyl groups is 1. The van der Waals surface area contributed by atoms with E-state index in [4.69, 9.17) is 5.11 Å². The molecule has 0 atom stereocenters. The quantitative estimate of drug-likeness (QED) is 0.525. The molecule has 8 nitrogen and oxygen atoms in total. The summed E-state index contributed by atoms with van der Waals surface area (Å²) in [4.78, 5) is 29.0. The van der Waals surface area contributed by atoms with Gasteiger partial charge in [-0.3, -0.25) is 5.32 Å². The number of benzene rings is 1. The number of carbonyl (C=O) groups excluding carboxylic acids is 1. The number of aromatic nitrogens is 1. The molecule has 1 saturated heterocycles. The minimum absolute atomic E-state index is 0.0351. The second kappa shape index (κ2) is 9.52. The Bertz CT molecular complexity index is 942. The fourth-order valence-electron chi connectivity index (χ4n) is 3.33. The number of urea groups is 1. The van der Waals surface area contributed by atoms with Gasteiger partial charge in [-0.25, -0.2) is 14.6 Å². The predicted octanol–water partition coefficient (Wildman–Crippen LogP) is 3.71. The Morgan fingerprint density at radius 2 is 1.90 bits per heavy atom. The summed E-state index contributed by atoms with van der Waals surface area (Å²) in [6.45, 7) is 0.675. The van der Waals surface area contributed by atoms with Crippen LogP contribution in [0.25, 0.3) is 0 Å². The van der Waals surface area contributed by atoms with Crippen molar-refractivity contribution in [2.45, 2.75) is 25.6 Å². The van der Waals surface area contributed by atoms with Crippen LogP contribution in [0, 0.1) is 5.92 Å². The SMILES string of the molecule is O=C(O)c1nc(NC(=O)N2CCC(CNc3ccccc3C(F)(F)F)CC2)sc1CO. The lowest BCUT2D eigenvalue weighted by molar-refractivity contribution is -0.137. The Hall–Kier alpha value is -2.86. The molecule has 0 unspecified atom stereocenters. The van der Waals surface area contributed by atoms with E-state index in [2.05, 4.69) is 15.6 Å². The van der Waals surface area contributed by atoms with Gasteiger partial charge in [0.05, 0.1) is 17.0 Å². The Morgan fingerprint density at radius 3 is 2.48 bits per heavy atom. The maximum absolute atomic E-state index is 13.1.